The predicted molar refractivity (Wildman–Crippen MR) is 119 cm³/mol. The number of nitrogens with one attached hydrogen (secondary N) is 1. The Morgan fingerprint density at radius 2 is 1.61 bits per heavy atom. The van der Waals surface area contributed by atoms with E-state index in [4.69, 9.17) is 0 Å². The molecule has 2 saturated heterocycles. The van der Waals surface area contributed by atoms with Gasteiger partial charge in [-0.15, -0.1) is 0 Å². The van der Waals surface area contributed by atoms with Crippen molar-refractivity contribution in [1.29, 1.82) is 0 Å². The quantitative estimate of drug-likeness (QED) is 0.786. The summed E-state index contributed by atoms with van der Waals surface area (Å²) in [6.45, 7) is 2.00. The number of hydrogen-bond acceptors (Lipinski definition) is 3. The van der Waals surface area contributed by atoms with Gasteiger partial charge in [-0.1, -0.05) is 43.9 Å². The van der Waals surface area contributed by atoms with Crippen LogP contribution in [0.2, 0.25) is 0 Å². The zero-order valence-corrected chi connectivity index (χ0v) is 18.4. The summed E-state index contributed by atoms with van der Waals surface area (Å²) in [6, 6.07) is 9.00. The van der Waals surface area contributed by atoms with E-state index in [0.29, 0.717) is 24.4 Å². The van der Waals surface area contributed by atoms with E-state index < -0.39 is 6.04 Å². The van der Waals surface area contributed by atoms with Crippen LogP contribution in [-0.2, 0) is 9.59 Å². The molecule has 3 aliphatic rings. The van der Waals surface area contributed by atoms with Crippen LogP contribution in [0, 0.1) is 5.92 Å². The molecule has 1 aromatic carbocycles. The number of rotatable bonds is 5. The van der Waals surface area contributed by atoms with Crippen molar-refractivity contribution in [1.82, 2.24) is 15.1 Å². The maximum Gasteiger partial charge on any atom is 0.254 e. The van der Waals surface area contributed by atoms with Crippen molar-refractivity contribution in [2.75, 3.05) is 19.6 Å². The summed E-state index contributed by atoms with van der Waals surface area (Å²) in [6.07, 6.45) is 9.92. The maximum atomic E-state index is 13.3. The van der Waals surface area contributed by atoms with Crippen LogP contribution in [0.15, 0.2) is 30.3 Å². The van der Waals surface area contributed by atoms with Crippen molar-refractivity contribution in [3.05, 3.63) is 35.9 Å². The molecule has 3 atom stereocenters. The van der Waals surface area contributed by atoms with Gasteiger partial charge in [0.25, 0.3) is 5.91 Å². The Balaban J connectivity index is 1.38. The van der Waals surface area contributed by atoms with E-state index in [9.17, 15) is 14.4 Å². The zero-order valence-electron chi connectivity index (χ0n) is 18.4. The highest BCUT2D eigenvalue weighted by Crippen LogP contribution is 2.40. The normalized spacial score (nSPS) is 26.1. The molecule has 1 saturated carbocycles. The van der Waals surface area contributed by atoms with Crippen LogP contribution in [-0.4, -0.2) is 59.2 Å². The molecule has 31 heavy (non-hydrogen) atoms. The molecule has 6 nitrogen and oxygen atoms in total. The van der Waals surface area contributed by atoms with Gasteiger partial charge in [-0.3, -0.25) is 14.4 Å². The number of likely N-dealkylation sites (tertiary alicyclic amines) is 2. The van der Waals surface area contributed by atoms with Gasteiger partial charge in [0.1, 0.15) is 6.04 Å². The first-order valence-electron chi connectivity index (χ1n) is 12.1. The van der Waals surface area contributed by atoms with Crippen LogP contribution in [0.5, 0.6) is 0 Å². The molecule has 2 aliphatic heterocycles. The summed E-state index contributed by atoms with van der Waals surface area (Å²) in [4.78, 5) is 42.8. The molecule has 1 aromatic rings. The van der Waals surface area contributed by atoms with E-state index in [1.807, 2.05) is 40.1 Å². The highest BCUT2D eigenvalue weighted by atomic mass is 16.2. The molecular formula is C25H35N3O3. The van der Waals surface area contributed by atoms with Gasteiger partial charge in [0.05, 0.1) is 0 Å². The monoisotopic (exact) mass is 425 g/mol. The number of amides is 3. The van der Waals surface area contributed by atoms with Crippen molar-refractivity contribution in [3.8, 4) is 0 Å². The fourth-order valence-corrected chi connectivity index (χ4v) is 5.60. The van der Waals surface area contributed by atoms with Gasteiger partial charge in [-0.25, -0.2) is 0 Å². The van der Waals surface area contributed by atoms with Crippen LogP contribution in [0.1, 0.15) is 74.6 Å². The average Bonchev–Trinajstić information content (AvgIpc) is 2.98. The Bertz CT molecular complexity index is 773. The lowest BCUT2D eigenvalue weighted by Gasteiger charge is -2.33. The summed E-state index contributed by atoms with van der Waals surface area (Å²) in [5, 5.41) is 2.98. The SMILES string of the molecule is O=C(NCCC(=O)N1CCCCCC1)C1CC2CCCCC2N1C(=O)c1ccccc1. The third kappa shape index (κ3) is 5.10. The molecule has 3 unspecified atom stereocenters. The standard InChI is InChI=1S/C25H35N3O3/c29-23(27-16-8-1-2-9-17-27)14-15-26-24(30)22-18-20-12-6-7-13-21(20)28(22)25(31)19-10-4-3-5-11-19/h3-5,10-11,20-22H,1-2,6-9,12-18H2,(H,26,30). The smallest absolute Gasteiger partial charge is 0.254 e. The van der Waals surface area contributed by atoms with Gasteiger partial charge in [0, 0.05) is 37.7 Å². The lowest BCUT2D eigenvalue weighted by molar-refractivity contribution is -0.131. The molecule has 0 radical (unpaired) electrons. The maximum absolute atomic E-state index is 13.3. The first-order valence-corrected chi connectivity index (χ1v) is 12.1. The molecule has 2 heterocycles. The second-order valence-corrected chi connectivity index (χ2v) is 9.28. The van der Waals surface area contributed by atoms with Crippen molar-refractivity contribution in [2.24, 2.45) is 5.92 Å². The predicted octanol–water partition coefficient (Wildman–Crippen LogP) is 3.37. The molecule has 0 aromatic heterocycles. The Kier molecular flexibility index (Phi) is 7.25. The zero-order chi connectivity index (χ0) is 21.6. The second kappa shape index (κ2) is 10.3. The molecule has 0 bridgehead atoms. The number of carbonyl (C=O) groups excluding carboxylic acids is 3. The molecule has 4 rings (SSSR count). The average molecular weight is 426 g/mol. The van der Waals surface area contributed by atoms with E-state index in [1.54, 1.807) is 0 Å². The molecule has 6 heteroatoms. The molecule has 3 fully saturated rings. The topological polar surface area (TPSA) is 69.7 Å². The van der Waals surface area contributed by atoms with Gasteiger partial charge in [-0.2, -0.15) is 0 Å². The molecular weight excluding hydrogens is 390 g/mol. The summed E-state index contributed by atoms with van der Waals surface area (Å²) in [5.41, 5.74) is 0.642. The van der Waals surface area contributed by atoms with E-state index in [1.165, 1.54) is 19.3 Å². The van der Waals surface area contributed by atoms with Gasteiger partial charge in [-0.05, 0) is 50.2 Å². The lowest BCUT2D eigenvalue weighted by Crippen LogP contribution is -2.50. The third-order valence-corrected chi connectivity index (χ3v) is 7.24. The van der Waals surface area contributed by atoms with Gasteiger partial charge in [0.2, 0.25) is 11.8 Å². The minimum atomic E-state index is -0.436. The molecule has 1 aliphatic carbocycles. The summed E-state index contributed by atoms with van der Waals surface area (Å²) >= 11 is 0. The second-order valence-electron chi connectivity index (χ2n) is 9.28. The first kappa shape index (κ1) is 21.8. The van der Waals surface area contributed by atoms with Crippen molar-refractivity contribution >= 4 is 17.7 Å². The fourth-order valence-electron chi connectivity index (χ4n) is 5.60. The van der Waals surface area contributed by atoms with Crippen LogP contribution in [0.3, 0.4) is 0 Å². The Morgan fingerprint density at radius 3 is 2.35 bits per heavy atom. The largest absolute Gasteiger partial charge is 0.354 e. The van der Waals surface area contributed by atoms with Crippen molar-refractivity contribution < 1.29 is 14.4 Å². The Hall–Kier alpha value is -2.37. The Morgan fingerprint density at radius 1 is 0.903 bits per heavy atom. The van der Waals surface area contributed by atoms with Crippen LogP contribution < -0.4 is 5.32 Å². The highest BCUT2D eigenvalue weighted by Gasteiger charge is 2.47. The number of benzene rings is 1. The number of carbonyl (C=O) groups is 3. The summed E-state index contributed by atoms with van der Waals surface area (Å²) in [7, 11) is 0. The lowest BCUT2D eigenvalue weighted by atomic mass is 9.84. The van der Waals surface area contributed by atoms with Crippen molar-refractivity contribution in [2.45, 2.75) is 76.3 Å². The van der Waals surface area contributed by atoms with Crippen LogP contribution in [0.25, 0.3) is 0 Å². The third-order valence-electron chi connectivity index (χ3n) is 7.24. The van der Waals surface area contributed by atoms with Crippen molar-refractivity contribution in [3.63, 3.8) is 0 Å². The highest BCUT2D eigenvalue weighted by molar-refractivity contribution is 5.98. The van der Waals surface area contributed by atoms with E-state index in [0.717, 1.165) is 51.6 Å². The number of fused-ring (bicyclic) bond motifs is 1. The van der Waals surface area contributed by atoms with Gasteiger partial charge in [0.15, 0.2) is 0 Å². The fraction of sp³-hybridized carbons (Fsp3) is 0.640. The molecule has 3 amide bonds. The van der Waals surface area contributed by atoms with E-state index in [2.05, 4.69) is 5.32 Å². The Labute approximate surface area is 185 Å². The van der Waals surface area contributed by atoms with E-state index >= 15 is 0 Å². The number of nitrogens with zero attached hydrogens (tertiary/aromatic N) is 2. The van der Waals surface area contributed by atoms with Gasteiger partial charge >= 0.3 is 0 Å². The first-order chi connectivity index (χ1) is 15.1. The van der Waals surface area contributed by atoms with Crippen LogP contribution in [0.4, 0.5) is 0 Å². The summed E-state index contributed by atoms with van der Waals surface area (Å²) < 4.78 is 0. The minimum Gasteiger partial charge on any atom is -0.354 e. The minimum absolute atomic E-state index is 0.0456. The van der Waals surface area contributed by atoms with Crippen LogP contribution >= 0.6 is 0 Å². The summed E-state index contributed by atoms with van der Waals surface area (Å²) in [5.74, 6) is 0.369. The van der Waals surface area contributed by atoms with Gasteiger partial charge < -0.3 is 15.1 Å². The molecule has 1 N–H and O–H groups in total. The van der Waals surface area contributed by atoms with E-state index in [-0.39, 0.29) is 23.8 Å². The molecule has 0 spiro atoms. The molecule has 168 valence electrons. The number of hydrogen-bond donors (Lipinski definition) is 1.